The van der Waals surface area contributed by atoms with E-state index in [1.165, 1.54) is 12.1 Å². The Hall–Kier alpha value is -2.78. The Balaban J connectivity index is 2.25. The van der Waals surface area contributed by atoms with E-state index in [1.54, 1.807) is 25.1 Å². The maximum absolute atomic E-state index is 13.3. The van der Waals surface area contributed by atoms with Crippen molar-refractivity contribution >= 4 is 41.8 Å². The highest BCUT2D eigenvalue weighted by Gasteiger charge is 2.29. The minimum Gasteiger partial charge on any atom is -0.282 e. The van der Waals surface area contributed by atoms with Gasteiger partial charge in [0.15, 0.2) is 0 Å². The number of benzene rings is 4. The molecule has 0 amide bonds. The van der Waals surface area contributed by atoms with Crippen molar-refractivity contribution in [3.63, 3.8) is 0 Å². The van der Waals surface area contributed by atoms with Gasteiger partial charge in [-0.25, -0.2) is 0 Å². The SMILES string of the molecule is CCOS(=O)(=O)c1ccc2cc(C(C)(C)C)ccc2c1-c1c(S(=O)(=O)O)ccc2cc(C(C)(C)C)ccc12. The lowest BCUT2D eigenvalue weighted by Crippen LogP contribution is -2.12. The number of fused-ring (bicyclic) bond motifs is 2. The van der Waals surface area contributed by atoms with E-state index < -0.39 is 20.2 Å². The molecule has 6 nitrogen and oxygen atoms in total. The summed E-state index contributed by atoms with van der Waals surface area (Å²) in [6.45, 7) is 14.0. The first-order valence-electron chi connectivity index (χ1n) is 12.5. The van der Waals surface area contributed by atoms with Crippen molar-refractivity contribution in [2.45, 2.75) is 69.1 Å². The molecule has 0 atom stereocenters. The molecule has 0 radical (unpaired) electrons. The Morgan fingerprint density at radius 2 is 1.08 bits per heavy atom. The van der Waals surface area contributed by atoms with E-state index in [0.717, 1.165) is 21.9 Å². The molecule has 0 spiro atoms. The predicted molar refractivity (Wildman–Crippen MR) is 153 cm³/mol. The number of hydrogen-bond acceptors (Lipinski definition) is 5. The summed E-state index contributed by atoms with van der Waals surface area (Å²) in [4.78, 5) is -0.526. The summed E-state index contributed by atoms with van der Waals surface area (Å²) in [5, 5.41) is 2.51. The van der Waals surface area contributed by atoms with E-state index in [1.807, 2.05) is 30.3 Å². The molecule has 0 saturated carbocycles. The van der Waals surface area contributed by atoms with E-state index in [0.29, 0.717) is 10.8 Å². The zero-order chi connectivity index (χ0) is 28.3. The Bertz CT molecular complexity index is 1770. The molecule has 0 aromatic heterocycles. The molecular formula is C30H34O6S2. The monoisotopic (exact) mass is 554 g/mol. The second kappa shape index (κ2) is 9.45. The molecule has 202 valence electrons. The summed E-state index contributed by atoms with van der Waals surface area (Å²) in [7, 11) is -8.98. The fourth-order valence-electron chi connectivity index (χ4n) is 4.71. The van der Waals surface area contributed by atoms with Gasteiger partial charge in [-0.15, -0.1) is 0 Å². The Kier molecular flexibility index (Phi) is 7.02. The summed E-state index contributed by atoms with van der Waals surface area (Å²) in [6.07, 6.45) is 0. The third-order valence-electron chi connectivity index (χ3n) is 6.77. The second-order valence-corrected chi connectivity index (χ2v) is 14.6. The van der Waals surface area contributed by atoms with Crippen LogP contribution >= 0.6 is 0 Å². The number of rotatable bonds is 5. The molecule has 0 aliphatic heterocycles. The van der Waals surface area contributed by atoms with E-state index in [4.69, 9.17) is 4.18 Å². The van der Waals surface area contributed by atoms with Crippen LogP contribution in [0.1, 0.15) is 59.6 Å². The van der Waals surface area contributed by atoms with Crippen LogP contribution in [0.3, 0.4) is 0 Å². The average molecular weight is 555 g/mol. The van der Waals surface area contributed by atoms with Crippen LogP contribution in [0.2, 0.25) is 0 Å². The van der Waals surface area contributed by atoms with Gasteiger partial charge >= 0.3 is 0 Å². The lowest BCUT2D eigenvalue weighted by Gasteiger charge is -2.23. The molecule has 4 aromatic carbocycles. The standard InChI is InChI=1S/C30H34O6S2/c1-8-36-38(34,35)26-16-10-20-18-22(30(5,6)7)12-14-24(20)28(26)27-23-13-11-21(29(2,3)4)17-19(23)9-15-25(27)37(31,32)33/h9-18H,8H2,1-7H3,(H,31,32,33). The molecule has 4 rings (SSSR count). The minimum absolute atomic E-state index is 0.0849. The van der Waals surface area contributed by atoms with Crippen molar-refractivity contribution in [3.8, 4) is 11.1 Å². The first-order chi connectivity index (χ1) is 17.4. The lowest BCUT2D eigenvalue weighted by molar-refractivity contribution is 0.338. The molecule has 4 aromatic rings. The van der Waals surface area contributed by atoms with Gasteiger partial charge in [-0.1, -0.05) is 90.1 Å². The molecule has 0 bridgehead atoms. The summed E-state index contributed by atoms with van der Waals surface area (Å²) < 4.78 is 67.5. The highest BCUT2D eigenvalue weighted by atomic mass is 32.2. The van der Waals surface area contributed by atoms with Crippen molar-refractivity contribution in [2.24, 2.45) is 0 Å². The van der Waals surface area contributed by atoms with Gasteiger partial charge < -0.3 is 0 Å². The van der Waals surface area contributed by atoms with Crippen molar-refractivity contribution in [1.82, 2.24) is 0 Å². The fourth-order valence-corrected chi connectivity index (χ4v) is 6.55. The van der Waals surface area contributed by atoms with Crippen LogP contribution in [-0.2, 0) is 35.2 Å². The van der Waals surface area contributed by atoms with Gasteiger partial charge in [-0.3, -0.25) is 8.74 Å². The van der Waals surface area contributed by atoms with Gasteiger partial charge in [0.25, 0.3) is 20.2 Å². The molecule has 0 aliphatic rings. The summed E-state index contributed by atoms with van der Waals surface area (Å²) in [6, 6.07) is 17.5. The van der Waals surface area contributed by atoms with Crippen LogP contribution in [0.4, 0.5) is 0 Å². The van der Waals surface area contributed by atoms with Crippen LogP contribution in [-0.4, -0.2) is 28.0 Å². The van der Waals surface area contributed by atoms with Crippen LogP contribution in [0.15, 0.2) is 70.5 Å². The van der Waals surface area contributed by atoms with Crippen LogP contribution in [0.5, 0.6) is 0 Å². The van der Waals surface area contributed by atoms with Crippen molar-refractivity contribution in [1.29, 1.82) is 0 Å². The predicted octanol–water partition coefficient (Wildman–Crippen LogP) is 7.23. The van der Waals surface area contributed by atoms with Crippen molar-refractivity contribution in [2.75, 3.05) is 6.61 Å². The van der Waals surface area contributed by atoms with Gasteiger partial charge in [0.2, 0.25) is 0 Å². The topological polar surface area (TPSA) is 97.7 Å². The highest BCUT2D eigenvalue weighted by molar-refractivity contribution is 7.87. The van der Waals surface area contributed by atoms with Crippen LogP contribution in [0.25, 0.3) is 32.7 Å². The molecule has 0 heterocycles. The molecule has 0 aliphatic carbocycles. The molecule has 1 N–H and O–H groups in total. The van der Waals surface area contributed by atoms with E-state index >= 15 is 0 Å². The maximum atomic E-state index is 13.3. The van der Waals surface area contributed by atoms with Gasteiger partial charge in [0.05, 0.1) is 6.61 Å². The van der Waals surface area contributed by atoms with Gasteiger partial charge in [0, 0.05) is 11.1 Å². The smallest absolute Gasteiger partial charge is 0.282 e. The lowest BCUT2D eigenvalue weighted by atomic mass is 9.83. The second-order valence-electron chi connectivity index (χ2n) is 11.6. The van der Waals surface area contributed by atoms with E-state index in [2.05, 4.69) is 41.5 Å². The molecule has 38 heavy (non-hydrogen) atoms. The molecule has 8 heteroatoms. The van der Waals surface area contributed by atoms with Gasteiger partial charge in [-0.2, -0.15) is 16.8 Å². The van der Waals surface area contributed by atoms with Crippen LogP contribution < -0.4 is 0 Å². The maximum Gasteiger partial charge on any atom is 0.297 e. The Morgan fingerprint density at radius 3 is 1.47 bits per heavy atom. The molecule has 0 unspecified atom stereocenters. The number of hydrogen-bond donors (Lipinski definition) is 1. The molecular weight excluding hydrogens is 520 g/mol. The van der Waals surface area contributed by atoms with Crippen molar-refractivity contribution < 1.29 is 25.6 Å². The molecule has 0 fully saturated rings. The van der Waals surface area contributed by atoms with E-state index in [9.17, 15) is 21.4 Å². The van der Waals surface area contributed by atoms with E-state index in [-0.39, 0.29) is 38.4 Å². The summed E-state index contributed by atoms with van der Waals surface area (Å²) >= 11 is 0. The third kappa shape index (κ3) is 5.23. The molecule has 0 saturated heterocycles. The fraction of sp³-hybridized carbons (Fsp3) is 0.333. The van der Waals surface area contributed by atoms with Crippen molar-refractivity contribution in [3.05, 3.63) is 71.8 Å². The zero-order valence-corrected chi connectivity index (χ0v) is 24.4. The third-order valence-corrected chi connectivity index (χ3v) is 9.09. The normalized spacial score (nSPS) is 13.4. The summed E-state index contributed by atoms with van der Waals surface area (Å²) in [5.74, 6) is 0. The van der Waals surface area contributed by atoms with Gasteiger partial charge in [-0.05, 0) is 62.6 Å². The first-order valence-corrected chi connectivity index (χ1v) is 15.3. The van der Waals surface area contributed by atoms with Crippen LogP contribution in [0, 0.1) is 0 Å². The Labute approximate surface area is 225 Å². The highest BCUT2D eigenvalue weighted by Crippen LogP contribution is 2.44. The first kappa shape index (κ1) is 28.2. The quantitative estimate of drug-likeness (QED) is 0.206. The Morgan fingerprint density at radius 1 is 0.658 bits per heavy atom. The average Bonchev–Trinajstić information content (AvgIpc) is 2.80. The largest absolute Gasteiger partial charge is 0.297 e. The zero-order valence-electron chi connectivity index (χ0n) is 22.8. The van der Waals surface area contributed by atoms with Gasteiger partial charge in [0.1, 0.15) is 9.79 Å². The summed E-state index contributed by atoms with van der Waals surface area (Å²) in [5.41, 5.74) is 2.05. The minimum atomic E-state index is -4.72.